The van der Waals surface area contributed by atoms with Crippen molar-refractivity contribution < 1.29 is 13.2 Å². The van der Waals surface area contributed by atoms with Gasteiger partial charge in [0.05, 0.1) is 11.0 Å². The molecule has 0 saturated heterocycles. The van der Waals surface area contributed by atoms with E-state index in [-0.39, 0.29) is 5.78 Å². The van der Waals surface area contributed by atoms with Gasteiger partial charge in [-0.15, -0.1) is 0 Å². The van der Waals surface area contributed by atoms with E-state index in [1.165, 1.54) is 10.6 Å². The van der Waals surface area contributed by atoms with Gasteiger partial charge in [0.15, 0.2) is 0 Å². The Balaban J connectivity index is 2.34. The highest BCUT2D eigenvalue weighted by molar-refractivity contribution is 5.79. The fraction of sp³-hybridized carbons (Fsp3) is 0.0909. The first-order valence-electron chi connectivity index (χ1n) is 4.87. The number of aromatic nitrogens is 3. The number of hydrogen-bond acceptors (Lipinski definition) is 2. The predicted molar refractivity (Wildman–Crippen MR) is 55.5 cm³/mol. The Hall–Kier alpha value is -2.11. The van der Waals surface area contributed by atoms with Gasteiger partial charge in [-0.05, 0) is 18.2 Å². The van der Waals surface area contributed by atoms with Crippen LogP contribution >= 0.6 is 0 Å². The van der Waals surface area contributed by atoms with Gasteiger partial charge >= 0.3 is 6.18 Å². The molecule has 0 unspecified atom stereocenters. The topological polar surface area (TPSA) is 30.2 Å². The molecular formula is C11H6F3N3. The smallest absolute Gasteiger partial charge is 0.284 e. The SMILES string of the molecule is FC(F)(F)c1ccn2c(n1)nc1ccccc12. The first kappa shape index (κ1) is 10.1. The van der Waals surface area contributed by atoms with E-state index in [1.54, 1.807) is 24.3 Å². The predicted octanol–water partition coefficient (Wildman–Crippen LogP) is 2.90. The number of imidazole rings is 1. The molecule has 17 heavy (non-hydrogen) atoms. The van der Waals surface area contributed by atoms with E-state index in [1.807, 2.05) is 0 Å². The average molecular weight is 237 g/mol. The monoisotopic (exact) mass is 237 g/mol. The summed E-state index contributed by atoms with van der Waals surface area (Å²) in [6.07, 6.45) is -3.11. The molecule has 6 heteroatoms. The van der Waals surface area contributed by atoms with Gasteiger partial charge in [-0.2, -0.15) is 13.2 Å². The molecule has 0 aliphatic carbocycles. The summed E-state index contributed by atoms with van der Waals surface area (Å²) in [5.74, 6) is 0.0565. The van der Waals surface area contributed by atoms with Crippen molar-refractivity contribution in [3.63, 3.8) is 0 Å². The first-order valence-corrected chi connectivity index (χ1v) is 4.87. The van der Waals surface area contributed by atoms with E-state index < -0.39 is 11.9 Å². The van der Waals surface area contributed by atoms with Gasteiger partial charge < -0.3 is 0 Å². The maximum Gasteiger partial charge on any atom is 0.433 e. The van der Waals surface area contributed by atoms with Crippen LogP contribution in [0.3, 0.4) is 0 Å². The Kier molecular flexibility index (Phi) is 1.89. The number of rotatable bonds is 0. The van der Waals surface area contributed by atoms with Crippen LogP contribution < -0.4 is 0 Å². The number of hydrogen-bond donors (Lipinski definition) is 0. The van der Waals surface area contributed by atoms with Crippen LogP contribution in [-0.4, -0.2) is 14.4 Å². The van der Waals surface area contributed by atoms with Crippen LogP contribution in [0.2, 0.25) is 0 Å². The second-order valence-corrected chi connectivity index (χ2v) is 3.58. The van der Waals surface area contributed by atoms with Crippen molar-refractivity contribution in [1.82, 2.24) is 14.4 Å². The molecule has 3 aromatic rings. The van der Waals surface area contributed by atoms with Crippen LogP contribution in [0.4, 0.5) is 13.2 Å². The molecular weight excluding hydrogens is 231 g/mol. The molecule has 0 bridgehead atoms. The van der Waals surface area contributed by atoms with E-state index >= 15 is 0 Å². The molecule has 1 aromatic carbocycles. The maximum atomic E-state index is 12.5. The summed E-state index contributed by atoms with van der Waals surface area (Å²) in [5.41, 5.74) is 0.434. The van der Waals surface area contributed by atoms with Crippen molar-refractivity contribution in [3.05, 3.63) is 42.2 Å². The molecule has 0 amide bonds. The lowest BCUT2D eigenvalue weighted by molar-refractivity contribution is -0.141. The van der Waals surface area contributed by atoms with Crippen molar-refractivity contribution in [2.45, 2.75) is 6.18 Å². The molecule has 0 aliphatic rings. The minimum Gasteiger partial charge on any atom is -0.284 e. The Bertz CT molecular complexity index is 700. The minimum atomic E-state index is -4.44. The van der Waals surface area contributed by atoms with E-state index in [0.717, 1.165) is 11.6 Å². The highest BCUT2D eigenvalue weighted by Gasteiger charge is 2.32. The maximum absolute atomic E-state index is 12.5. The highest BCUT2D eigenvalue weighted by Crippen LogP contribution is 2.28. The van der Waals surface area contributed by atoms with Crippen molar-refractivity contribution in [2.24, 2.45) is 0 Å². The zero-order valence-electron chi connectivity index (χ0n) is 8.44. The fourth-order valence-corrected chi connectivity index (χ4v) is 1.71. The van der Waals surface area contributed by atoms with E-state index in [4.69, 9.17) is 0 Å². The Labute approximate surface area is 93.5 Å². The van der Waals surface area contributed by atoms with Crippen LogP contribution in [0.15, 0.2) is 36.5 Å². The van der Waals surface area contributed by atoms with Crippen LogP contribution in [0, 0.1) is 0 Å². The standard InChI is InChI=1S/C11H6F3N3/c12-11(13,14)9-5-6-17-8-4-2-1-3-7(8)15-10(17)16-9/h1-6H. The first-order chi connectivity index (χ1) is 8.05. The van der Waals surface area contributed by atoms with Gasteiger partial charge in [0.1, 0.15) is 5.69 Å². The molecule has 0 aliphatic heterocycles. The van der Waals surface area contributed by atoms with Gasteiger partial charge in [-0.1, -0.05) is 12.1 Å². The number of para-hydroxylation sites is 2. The van der Waals surface area contributed by atoms with Gasteiger partial charge in [-0.25, -0.2) is 9.97 Å². The summed E-state index contributed by atoms with van der Waals surface area (Å²) in [5, 5.41) is 0. The average Bonchev–Trinajstić information content (AvgIpc) is 2.65. The molecule has 0 N–H and O–H groups in total. The number of nitrogens with zero attached hydrogens (tertiary/aromatic N) is 3. The highest BCUT2D eigenvalue weighted by atomic mass is 19.4. The summed E-state index contributed by atoms with van der Waals surface area (Å²) in [7, 11) is 0. The molecule has 2 aromatic heterocycles. The normalized spacial score (nSPS) is 12.4. The Morgan fingerprint density at radius 1 is 1.00 bits per heavy atom. The van der Waals surface area contributed by atoms with Gasteiger partial charge in [-0.3, -0.25) is 4.40 Å². The summed E-state index contributed by atoms with van der Waals surface area (Å²) in [6, 6.07) is 8.04. The van der Waals surface area contributed by atoms with Gasteiger partial charge in [0.2, 0.25) is 5.78 Å². The van der Waals surface area contributed by atoms with E-state index in [0.29, 0.717) is 5.52 Å². The van der Waals surface area contributed by atoms with Crippen LogP contribution in [-0.2, 0) is 6.18 Å². The van der Waals surface area contributed by atoms with Crippen molar-refractivity contribution in [3.8, 4) is 0 Å². The molecule has 3 nitrogen and oxygen atoms in total. The molecule has 0 spiro atoms. The molecule has 0 saturated carbocycles. The minimum absolute atomic E-state index is 0.0565. The quantitative estimate of drug-likeness (QED) is 0.601. The third kappa shape index (κ3) is 1.52. The Morgan fingerprint density at radius 3 is 2.53 bits per heavy atom. The Morgan fingerprint density at radius 2 is 1.76 bits per heavy atom. The van der Waals surface area contributed by atoms with Crippen molar-refractivity contribution in [1.29, 1.82) is 0 Å². The van der Waals surface area contributed by atoms with Crippen molar-refractivity contribution in [2.75, 3.05) is 0 Å². The molecule has 3 rings (SSSR count). The third-order valence-electron chi connectivity index (χ3n) is 2.47. The van der Waals surface area contributed by atoms with Gasteiger partial charge in [0, 0.05) is 6.20 Å². The zero-order valence-corrected chi connectivity index (χ0v) is 8.44. The molecule has 0 fully saturated rings. The third-order valence-corrected chi connectivity index (χ3v) is 2.47. The van der Waals surface area contributed by atoms with Crippen LogP contribution in [0.25, 0.3) is 16.8 Å². The second kappa shape index (κ2) is 3.19. The summed E-state index contributed by atoms with van der Waals surface area (Å²) in [6.45, 7) is 0. The number of alkyl halides is 3. The summed E-state index contributed by atoms with van der Waals surface area (Å²) < 4.78 is 38.9. The largest absolute Gasteiger partial charge is 0.433 e. The number of halogens is 3. The van der Waals surface area contributed by atoms with Gasteiger partial charge in [0.25, 0.3) is 0 Å². The lowest BCUT2D eigenvalue weighted by Crippen LogP contribution is -2.08. The molecule has 0 radical (unpaired) electrons. The lowest BCUT2D eigenvalue weighted by atomic mass is 10.3. The lowest BCUT2D eigenvalue weighted by Gasteiger charge is -2.04. The fourth-order valence-electron chi connectivity index (χ4n) is 1.71. The van der Waals surface area contributed by atoms with Crippen LogP contribution in [0.5, 0.6) is 0 Å². The zero-order chi connectivity index (χ0) is 12.0. The van der Waals surface area contributed by atoms with E-state index in [9.17, 15) is 13.2 Å². The number of fused-ring (bicyclic) bond motifs is 3. The van der Waals surface area contributed by atoms with Crippen LogP contribution in [0.1, 0.15) is 5.69 Å². The second-order valence-electron chi connectivity index (χ2n) is 3.58. The molecule has 2 heterocycles. The molecule has 0 atom stereocenters. The number of benzene rings is 1. The van der Waals surface area contributed by atoms with E-state index in [2.05, 4.69) is 9.97 Å². The van der Waals surface area contributed by atoms with Crippen molar-refractivity contribution >= 4 is 16.8 Å². The summed E-state index contributed by atoms with van der Waals surface area (Å²) >= 11 is 0. The molecule has 86 valence electrons. The summed E-state index contributed by atoms with van der Waals surface area (Å²) in [4.78, 5) is 7.55.